The molecule has 0 fully saturated rings. The summed E-state index contributed by atoms with van der Waals surface area (Å²) >= 11 is 0. The van der Waals surface area contributed by atoms with Crippen LogP contribution in [0.15, 0.2) is 0 Å². The Morgan fingerprint density at radius 1 is 1.09 bits per heavy atom. The fraction of sp³-hybridized carbons (Fsp3) is 1.00. The highest BCUT2D eigenvalue weighted by Crippen LogP contribution is 1.99. The van der Waals surface area contributed by atoms with Gasteiger partial charge in [-0.2, -0.15) is 0 Å². The standard InChI is InChI=1S/C7H20N4/c1-2-3-5(9)7(11)6(10)4-8/h5-7H,2-4,8-11H2,1H3. The SMILES string of the molecule is CCCC(N)C(N)C(N)CN. The first-order valence-electron chi connectivity index (χ1n) is 4.10. The lowest BCUT2D eigenvalue weighted by Gasteiger charge is -2.24. The van der Waals surface area contributed by atoms with E-state index in [9.17, 15) is 0 Å². The Hall–Kier alpha value is -0.160. The van der Waals surface area contributed by atoms with Crippen molar-refractivity contribution in [3.05, 3.63) is 0 Å². The summed E-state index contributed by atoms with van der Waals surface area (Å²) in [5, 5.41) is 0. The van der Waals surface area contributed by atoms with Crippen LogP contribution < -0.4 is 22.9 Å². The van der Waals surface area contributed by atoms with Gasteiger partial charge in [0.15, 0.2) is 0 Å². The smallest absolute Gasteiger partial charge is 0.0358 e. The van der Waals surface area contributed by atoms with E-state index in [0.717, 1.165) is 12.8 Å². The summed E-state index contributed by atoms with van der Waals surface area (Å²) < 4.78 is 0. The van der Waals surface area contributed by atoms with Crippen molar-refractivity contribution in [3.63, 3.8) is 0 Å². The van der Waals surface area contributed by atoms with E-state index >= 15 is 0 Å². The third-order valence-electron chi connectivity index (χ3n) is 1.88. The van der Waals surface area contributed by atoms with Crippen LogP contribution in [0, 0.1) is 0 Å². The Kier molecular flexibility index (Phi) is 5.41. The molecule has 0 aromatic carbocycles. The first-order valence-corrected chi connectivity index (χ1v) is 4.10. The summed E-state index contributed by atoms with van der Waals surface area (Å²) in [4.78, 5) is 0. The van der Waals surface area contributed by atoms with Gasteiger partial charge in [-0.1, -0.05) is 13.3 Å². The van der Waals surface area contributed by atoms with Crippen molar-refractivity contribution in [3.8, 4) is 0 Å². The van der Waals surface area contributed by atoms with Gasteiger partial charge in [-0.25, -0.2) is 0 Å². The molecule has 11 heavy (non-hydrogen) atoms. The minimum absolute atomic E-state index is 0.0152. The highest BCUT2D eigenvalue weighted by Gasteiger charge is 2.18. The molecule has 0 aliphatic carbocycles. The largest absolute Gasteiger partial charge is 0.329 e. The summed E-state index contributed by atoms with van der Waals surface area (Å²) in [5.41, 5.74) is 22.4. The van der Waals surface area contributed by atoms with Gasteiger partial charge in [0.2, 0.25) is 0 Å². The quantitative estimate of drug-likeness (QED) is 0.402. The summed E-state index contributed by atoms with van der Waals surface area (Å²) in [5.74, 6) is 0. The van der Waals surface area contributed by atoms with Crippen molar-refractivity contribution in [2.24, 2.45) is 22.9 Å². The molecule has 0 heterocycles. The van der Waals surface area contributed by atoms with Gasteiger partial charge in [-0.15, -0.1) is 0 Å². The third kappa shape index (κ3) is 3.67. The van der Waals surface area contributed by atoms with Crippen LogP contribution in [0.5, 0.6) is 0 Å². The molecular weight excluding hydrogens is 140 g/mol. The minimum atomic E-state index is -0.170. The fourth-order valence-corrected chi connectivity index (χ4v) is 1.00. The van der Waals surface area contributed by atoms with E-state index in [1.165, 1.54) is 0 Å². The molecule has 0 saturated heterocycles. The zero-order chi connectivity index (χ0) is 8.85. The molecule has 4 nitrogen and oxygen atoms in total. The molecule has 68 valence electrons. The molecule has 0 saturated carbocycles. The average Bonchev–Trinajstić information content (AvgIpc) is 2.02. The Bertz CT molecular complexity index is 96.4. The molecular formula is C7H20N4. The first kappa shape index (κ1) is 10.8. The number of hydrogen-bond acceptors (Lipinski definition) is 4. The van der Waals surface area contributed by atoms with E-state index in [1.54, 1.807) is 0 Å². The lowest BCUT2D eigenvalue weighted by molar-refractivity contribution is 0.425. The van der Waals surface area contributed by atoms with Gasteiger partial charge < -0.3 is 22.9 Å². The normalized spacial score (nSPS) is 19.4. The van der Waals surface area contributed by atoms with Crippen molar-refractivity contribution >= 4 is 0 Å². The van der Waals surface area contributed by atoms with E-state index in [-0.39, 0.29) is 18.1 Å². The van der Waals surface area contributed by atoms with Crippen molar-refractivity contribution in [2.45, 2.75) is 37.9 Å². The molecule has 0 rings (SSSR count). The Morgan fingerprint density at radius 3 is 2.00 bits per heavy atom. The van der Waals surface area contributed by atoms with Gasteiger partial charge in [0.05, 0.1) is 0 Å². The predicted molar refractivity (Wildman–Crippen MR) is 47.9 cm³/mol. The number of rotatable bonds is 5. The molecule has 0 bridgehead atoms. The van der Waals surface area contributed by atoms with Crippen molar-refractivity contribution in [1.82, 2.24) is 0 Å². The average molecular weight is 160 g/mol. The van der Waals surface area contributed by atoms with Crippen LogP contribution in [0.2, 0.25) is 0 Å². The lowest BCUT2D eigenvalue weighted by Crippen LogP contribution is -2.55. The first-order chi connectivity index (χ1) is 5.13. The third-order valence-corrected chi connectivity index (χ3v) is 1.88. The second-order valence-electron chi connectivity index (χ2n) is 2.93. The van der Waals surface area contributed by atoms with Crippen LogP contribution in [0.25, 0.3) is 0 Å². The van der Waals surface area contributed by atoms with E-state index in [0.29, 0.717) is 6.54 Å². The Labute approximate surface area is 68.3 Å². The minimum Gasteiger partial charge on any atom is -0.329 e. The van der Waals surface area contributed by atoms with Crippen LogP contribution in [0.4, 0.5) is 0 Å². The summed E-state index contributed by atoms with van der Waals surface area (Å²) in [6, 6.07) is -0.352. The molecule has 8 N–H and O–H groups in total. The van der Waals surface area contributed by atoms with Crippen molar-refractivity contribution < 1.29 is 0 Å². The van der Waals surface area contributed by atoms with E-state index in [2.05, 4.69) is 6.92 Å². The molecule has 0 aromatic heterocycles. The molecule has 0 amide bonds. The summed E-state index contributed by atoms with van der Waals surface area (Å²) in [6.07, 6.45) is 1.95. The fourth-order valence-electron chi connectivity index (χ4n) is 1.00. The molecule has 0 spiro atoms. The summed E-state index contributed by atoms with van der Waals surface area (Å²) in [6.45, 7) is 2.47. The van der Waals surface area contributed by atoms with Gasteiger partial charge in [-0.05, 0) is 6.42 Å². The summed E-state index contributed by atoms with van der Waals surface area (Å²) in [7, 11) is 0. The molecule has 0 aromatic rings. The van der Waals surface area contributed by atoms with Gasteiger partial charge in [0, 0.05) is 24.7 Å². The predicted octanol–water partition coefficient (Wildman–Crippen LogP) is -1.27. The number of hydrogen-bond donors (Lipinski definition) is 4. The highest BCUT2D eigenvalue weighted by atomic mass is 14.9. The topological polar surface area (TPSA) is 104 Å². The molecule has 3 atom stereocenters. The van der Waals surface area contributed by atoms with Gasteiger partial charge in [0.25, 0.3) is 0 Å². The molecule has 3 unspecified atom stereocenters. The van der Waals surface area contributed by atoms with E-state index in [1.807, 2.05) is 0 Å². The monoisotopic (exact) mass is 160 g/mol. The highest BCUT2D eigenvalue weighted by molar-refractivity contribution is 4.85. The maximum atomic E-state index is 5.74. The van der Waals surface area contributed by atoms with Crippen molar-refractivity contribution in [2.75, 3.05) is 6.54 Å². The van der Waals surface area contributed by atoms with Gasteiger partial charge >= 0.3 is 0 Å². The Balaban J connectivity index is 3.70. The second-order valence-corrected chi connectivity index (χ2v) is 2.93. The van der Waals surface area contributed by atoms with E-state index in [4.69, 9.17) is 22.9 Å². The molecule has 0 aliphatic rings. The lowest BCUT2D eigenvalue weighted by atomic mass is 9.99. The van der Waals surface area contributed by atoms with Crippen LogP contribution in [-0.4, -0.2) is 24.7 Å². The zero-order valence-electron chi connectivity index (χ0n) is 7.16. The maximum Gasteiger partial charge on any atom is 0.0358 e. The second kappa shape index (κ2) is 5.49. The van der Waals surface area contributed by atoms with Gasteiger partial charge in [0.1, 0.15) is 0 Å². The maximum absolute atomic E-state index is 5.74. The van der Waals surface area contributed by atoms with Crippen LogP contribution in [0.1, 0.15) is 19.8 Å². The number of nitrogens with two attached hydrogens (primary N) is 4. The van der Waals surface area contributed by atoms with Gasteiger partial charge in [-0.3, -0.25) is 0 Å². The molecule has 0 aliphatic heterocycles. The Morgan fingerprint density at radius 2 is 1.64 bits per heavy atom. The molecule has 0 radical (unpaired) electrons. The van der Waals surface area contributed by atoms with Crippen LogP contribution in [0.3, 0.4) is 0 Å². The van der Waals surface area contributed by atoms with Crippen molar-refractivity contribution in [1.29, 1.82) is 0 Å². The zero-order valence-corrected chi connectivity index (χ0v) is 7.16. The van der Waals surface area contributed by atoms with Crippen LogP contribution >= 0.6 is 0 Å². The molecule has 4 heteroatoms. The van der Waals surface area contributed by atoms with Crippen LogP contribution in [-0.2, 0) is 0 Å². The van der Waals surface area contributed by atoms with E-state index < -0.39 is 0 Å².